The quantitative estimate of drug-likeness (QED) is 0.394. The second-order valence-electron chi connectivity index (χ2n) is 6.85. The number of hydrogen-bond acceptors (Lipinski definition) is 5. The molecule has 0 bridgehead atoms. The first-order valence-electron chi connectivity index (χ1n) is 9.92. The third-order valence-electron chi connectivity index (χ3n) is 4.60. The van der Waals surface area contributed by atoms with E-state index >= 15 is 0 Å². The molecule has 5 nitrogen and oxygen atoms in total. The number of carbonyl (C=O) groups is 2. The molecule has 0 unspecified atom stereocenters. The van der Waals surface area contributed by atoms with Crippen molar-refractivity contribution < 1.29 is 19.1 Å². The third kappa shape index (κ3) is 5.95. The number of ether oxygens (including phenoxy) is 2. The molecule has 0 aromatic heterocycles. The molecule has 1 atom stereocenters. The van der Waals surface area contributed by atoms with Gasteiger partial charge in [-0.15, -0.1) is 0 Å². The Kier molecular flexibility index (Phi) is 7.22. The van der Waals surface area contributed by atoms with Crippen molar-refractivity contribution in [2.75, 3.05) is 11.9 Å². The molecule has 3 aromatic rings. The fourth-order valence-corrected chi connectivity index (χ4v) is 2.89. The van der Waals surface area contributed by atoms with E-state index in [0.717, 1.165) is 23.4 Å². The van der Waals surface area contributed by atoms with Gasteiger partial charge in [0.05, 0.1) is 0 Å². The monoisotopic (exact) mass is 403 g/mol. The highest BCUT2D eigenvalue weighted by molar-refractivity contribution is 6.00. The SMILES string of the molecule is CCc1ccc(C(=O)[C@@H](C)OC(=O)COc2ccc(Nc3ccccc3)cc2)cc1. The Morgan fingerprint density at radius 1 is 0.867 bits per heavy atom. The minimum atomic E-state index is -0.869. The molecule has 0 fully saturated rings. The molecule has 0 spiro atoms. The van der Waals surface area contributed by atoms with E-state index in [1.54, 1.807) is 31.2 Å². The average molecular weight is 403 g/mol. The zero-order valence-corrected chi connectivity index (χ0v) is 17.1. The fraction of sp³-hybridized carbons (Fsp3) is 0.200. The second kappa shape index (κ2) is 10.3. The van der Waals surface area contributed by atoms with Crippen LogP contribution in [-0.2, 0) is 16.0 Å². The summed E-state index contributed by atoms with van der Waals surface area (Å²) in [6.07, 6.45) is 0.0330. The van der Waals surface area contributed by atoms with Gasteiger partial charge in [0.15, 0.2) is 12.7 Å². The largest absolute Gasteiger partial charge is 0.482 e. The Morgan fingerprint density at radius 2 is 1.50 bits per heavy atom. The maximum absolute atomic E-state index is 12.4. The molecular weight excluding hydrogens is 378 g/mol. The standard InChI is InChI=1S/C25H25NO4/c1-3-19-9-11-20(12-10-19)25(28)18(2)30-24(27)17-29-23-15-13-22(14-16-23)26-21-7-5-4-6-8-21/h4-16,18,26H,3,17H2,1-2H3/t18-/m1/s1. The summed E-state index contributed by atoms with van der Waals surface area (Å²) in [6, 6.07) is 24.4. The number of hydrogen-bond donors (Lipinski definition) is 1. The van der Waals surface area contributed by atoms with E-state index in [1.807, 2.05) is 54.6 Å². The lowest BCUT2D eigenvalue weighted by atomic mass is 10.0. The maximum Gasteiger partial charge on any atom is 0.344 e. The van der Waals surface area contributed by atoms with Crippen molar-refractivity contribution in [3.05, 3.63) is 90.0 Å². The third-order valence-corrected chi connectivity index (χ3v) is 4.60. The predicted octanol–water partition coefficient (Wildman–Crippen LogP) is 5.19. The van der Waals surface area contributed by atoms with E-state index in [2.05, 4.69) is 12.2 Å². The molecule has 3 rings (SSSR count). The van der Waals surface area contributed by atoms with Gasteiger partial charge in [-0.1, -0.05) is 49.4 Å². The summed E-state index contributed by atoms with van der Waals surface area (Å²) < 4.78 is 10.7. The number of Topliss-reactive ketones (excluding diaryl/α,β-unsaturated/α-hetero) is 1. The minimum absolute atomic E-state index is 0.234. The molecule has 154 valence electrons. The Bertz CT molecular complexity index is 966. The Labute approximate surface area is 176 Å². The molecule has 0 aliphatic heterocycles. The first-order valence-corrected chi connectivity index (χ1v) is 9.92. The first kappa shape index (κ1) is 21.1. The molecule has 0 aliphatic carbocycles. The van der Waals surface area contributed by atoms with Crippen molar-refractivity contribution in [1.29, 1.82) is 0 Å². The molecule has 3 aromatic carbocycles. The summed E-state index contributed by atoms with van der Waals surface area (Å²) in [5.74, 6) is -0.283. The number of benzene rings is 3. The van der Waals surface area contributed by atoms with Gasteiger partial charge in [-0.2, -0.15) is 0 Å². The van der Waals surface area contributed by atoms with Crippen LogP contribution in [0.2, 0.25) is 0 Å². The zero-order chi connectivity index (χ0) is 21.3. The zero-order valence-electron chi connectivity index (χ0n) is 17.1. The lowest BCUT2D eigenvalue weighted by Gasteiger charge is -2.13. The highest BCUT2D eigenvalue weighted by Gasteiger charge is 2.19. The van der Waals surface area contributed by atoms with Crippen LogP contribution < -0.4 is 10.1 Å². The Balaban J connectivity index is 1.47. The van der Waals surface area contributed by atoms with Crippen LogP contribution in [-0.4, -0.2) is 24.5 Å². The molecule has 0 radical (unpaired) electrons. The number of carbonyl (C=O) groups excluding carboxylic acids is 2. The van der Waals surface area contributed by atoms with E-state index in [1.165, 1.54) is 0 Å². The molecule has 30 heavy (non-hydrogen) atoms. The van der Waals surface area contributed by atoms with Crippen molar-refractivity contribution in [1.82, 2.24) is 0 Å². The smallest absolute Gasteiger partial charge is 0.344 e. The van der Waals surface area contributed by atoms with Gasteiger partial charge in [0.2, 0.25) is 5.78 Å². The van der Waals surface area contributed by atoms with Crippen LogP contribution in [0.4, 0.5) is 11.4 Å². The van der Waals surface area contributed by atoms with Gasteiger partial charge < -0.3 is 14.8 Å². The molecule has 0 saturated carbocycles. The molecule has 0 amide bonds. The number of rotatable bonds is 9. The van der Waals surface area contributed by atoms with E-state index in [4.69, 9.17) is 9.47 Å². The van der Waals surface area contributed by atoms with E-state index < -0.39 is 12.1 Å². The van der Waals surface area contributed by atoms with Gasteiger partial charge >= 0.3 is 5.97 Å². The molecule has 5 heteroatoms. The Hall–Kier alpha value is -3.60. The highest BCUT2D eigenvalue weighted by Crippen LogP contribution is 2.20. The van der Waals surface area contributed by atoms with Crippen molar-refractivity contribution in [3.63, 3.8) is 0 Å². The highest BCUT2D eigenvalue weighted by atomic mass is 16.6. The van der Waals surface area contributed by atoms with Gasteiger partial charge in [-0.3, -0.25) is 4.79 Å². The number of nitrogens with one attached hydrogen (secondary N) is 1. The van der Waals surface area contributed by atoms with Crippen molar-refractivity contribution in [2.45, 2.75) is 26.4 Å². The van der Waals surface area contributed by atoms with Crippen LogP contribution in [0.15, 0.2) is 78.9 Å². The molecule has 0 heterocycles. The normalized spacial score (nSPS) is 11.4. The lowest BCUT2D eigenvalue weighted by Crippen LogP contribution is -2.27. The van der Waals surface area contributed by atoms with Crippen LogP contribution >= 0.6 is 0 Å². The summed E-state index contributed by atoms with van der Waals surface area (Å²) in [5, 5.41) is 3.27. The van der Waals surface area contributed by atoms with Crippen LogP contribution in [0.3, 0.4) is 0 Å². The number of para-hydroxylation sites is 1. The lowest BCUT2D eigenvalue weighted by molar-refractivity contribution is -0.148. The molecule has 0 aliphatic rings. The van der Waals surface area contributed by atoms with Crippen LogP contribution in [0, 0.1) is 0 Å². The van der Waals surface area contributed by atoms with Gasteiger partial charge in [-0.05, 0) is 55.3 Å². The van der Waals surface area contributed by atoms with Gasteiger partial charge in [0.1, 0.15) is 5.75 Å². The summed E-state index contributed by atoms with van der Waals surface area (Å²) in [5.41, 5.74) is 3.56. The molecule has 1 N–H and O–H groups in total. The summed E-state index contributed by atoms with van der Waals surface area (Å²) in [6.45, 7) is 3.35. The predicted molar refractivity (Wildman–Crippen MR) is 117 cm³/mol. The van der Waals surface area contributed by atoms with E-state index in [0.29, 0.717) is 11.3 Å². The van der Waals surface area contributed by atoms with Crippen LogP contribution in [0.5, 0.6) is 5.75 Å². The summed E-state index contributed by atoms with van der Waals surface area (Å²) >= 11 is 0. The summed E-state index contributed by atoms with van der Waals surface area (Å²) in [7, 11) is 0. The number of ketones is 1. The summed E-state index contributed by atoms with van der Waals surface area (Å²) in [4.78, 5) is 24.5. The minimum Gasteiger partial charge on any atom is -0.482 e. The number of anilines is 2. The van der Waals surface area contributed by atoms with Crippen molar-refractivity contribution in [2.24, 2.45) is 0 Å². The second-order valence-corrected chi connectivity index (χ2v) is 6.85. The molecule has 0 saturated heterocycles. The maximum atomic E-state index is 12.4. The fourth-order valence-electron chi connectivity index (χ4n) is 2.89. The van der Waals surface area contributed by atoms with Crippen molar-refractivity contribution in [3.8, 4) is 5.75 Å². The van der Waals surface area contributed by atoms with Gasteiger partial charge in [0, 0.05) is 16.9 Å². The topological polar surface area (TPSA) is 64.6 Å². The van der Waals surface area contributed by atoms with E-state index in [9.17, 15) is 9.59 Å². The van der Waals surface area contributed by atoms with Gasteiger partial charge in [-0.25, -0.2) is 4.79 Å². The van der Waals surface area contributed by atoms with Crippen LogP contribution in [0.25, 0.3) is 0 Å². The first-order chi connectivity index (χ1) is 14.5. The van der Waals surface area contributed by atoms with Gasteiger partial charge in [0.25, 0.3) is 0 Å². The average Bonchev–Trinajstić information content (AvgIpc) is 2.79. The number of esters is 1. The van der Waals surface area contributed by atoms with Crippen LogP contribution in [0.1, 0.15) is 29.8 Å². The van der Waals surface area contributed by atoms with E-state index in [-0.39, 0.29) is 12.4 Å². The number of aryl methyl sites for hydroxylation is 1. The Morgan fingerprint density at radius 3 is 2.13 bits per heavy atom. The molecular formula is C25H25NO4. The van der Waals surface area contributed by atoms with Crippen molar-refractivity contribution >= 4 is 23.1 Å².